The van der Waals surface area contributed by atoms with E-state index in [0.29, 0.717) is 12.2 Å². The van der Waals surface area contributed by atoms with Crippen LogP contribution in [0, 0.1) is 15.9 Å². The lowest BCUT2D eigenvalue weighted by atomic mass is 10.3. The van der Waals surface area contributed by atoms with Gasteiger partial charge in [-0.3, -0.25) is 15.0 Å². The minimum absolute atomic E-state index is 0.00152. The number of hydrogen-bond donors (Lipinski definition) is 2. The molecule has 0 aliphatic carbocycles. The number of halogens is 2. The van der Waals surface area contributed by atoms with Crippen molar-refractivity contribution in [1.29, 1.82) is 0 Å². The van der Waals surface area contributed by atoms with E-state index in [2.05, 4.69) is 25.5 Å². The van der Waals surface area contributed by atoms with Gasteiger partial charge in [0.25, 0.3) is 0 Å². The van der Waals surface area contributed by atoms with Gasteiger partial charge in [-0.1, -0.05) is 11.6 Å². The van der Waals surface area contributed by atoms with Crippen LogP contribution in [0.1, 0.15) is 6.42 Å². The van der Waals surface area contributed by atoms with Crippen LogP contribution in [-0.2, 0) is 4.74 Å². The molecule has 1 aliphatic heterocycles. The summed E-state index contributed by atoms with van der Waals surface area (Å²) in [5.41, 5.74) is 0.0980. The molecule has 1 aromatic carbocycles. The van der Waals surface area contributed by atoms with Crippen LogP contribution >= 0.6 is 11.6 Å². The Morgan fingerprint density at radius 2 is 2.04 bits per heavy atom. The number of hydrogen-bond acceptors (Lipinski definition) is 8. The van der Waals surface area contributed by atoms with Crippen molar-refractivity contribution in [2.24, 2.45) is 0 Å². The van der Waals surface area contributed by atoms with E-state index in [1.807, 2.05) is 0 Å². The third-order valence-corrected chi connectivity index (χ3v) is 4.52. The maximum atomic E-state index is 13.3. The standard InChI is InChI=1S/C17H20ClFN6O3/c18-13-10-12(2-3-14(13)19)23-17-15(25(26)27)16(21-11-22-17)20-4-1-5-24-6-8-28-9-7-24/h2-3,10-11H,1,4-9H2,(H2,20,21,22,23). The molecule has 150 valence electrons. The predicted octanol–water partition coefficient (Wildman–Crippen LogP) is 3.06. The normalized spacial score (nSPS) is 14.6. The number of aromatic nitrogens is 2. The molecule has 2 heterocycles. The van der Waals surface area contributed by atoms with E-state index in [4.69, 9.17) is 16.3 Å². The van der Waals surface area contributed by atoms with Gasteiger partial charge in [0.1, 0.15) is 12.1 Å². The Hall–Kier alpha value is -2.56. The zero-order chi connectivity index (χ0) is 19.9. The van der Waals surface area contributed by atoms with Gasteiger partial charge in [-0.15, -0.1) is 0 Å². The monoisotopic (exact) mass is 410 g/mol. The van der Waals surface area contributed by atoms with Crippen LogP contribution in [0.5, 0.6) is 0 Å². The largest absolute Gasteiger partial charge is 0.379 e. The van der Waals surface area contributed by atoms with Gasteiger partial charge in [0.2, 0.25) is 11.6 Å². The van der Waals surface area contributed by atoms with E-state index in [1.54, 1.807) is 0 Å². The van der Waals surface area contributed by atoms with Gasteiger partial charge in [0, 0.05) is 25.3 Å². The van der Waals surface area contributed by atoms with Crippen molar-refractivity contribution in [2.45, 2.75) is 6.42 Å². The van der Waals surface area contributed by atoms with Crippen LogP contribution in [0.25, 0.3) is 0 Å². The van der Waals surface area contributed by atoms with Gasteiger partial charge >= 0.3 is 5.69 Å². The molecule has 3 rings (SSSR count). The highest BCUT2D eigenvalue weighted by Crippen LogP contribution is 2.32. The number of nitro groups is 1. The van der Waals surface area contributed by atoms with Gasteiger partial charge < -0.3 is 15.4 Å². The van der Waals surface area contributed by atoms with Crippen molar-refractivity contribution in [2.75, 3.05) is 50.0 Å². The Morgan fingerprint density at radius 1 is 1.29 bits per heavy atom. The molecular formula is C17H20ClFN6O3. The molecule has 1 aliphatic rings. The quantitative estimate of drug-likeness (QED) is 0.388. The van der Waals surface area contributed by atoms with Crippen molar-refractivity contribution in [1.82, 2.24) is 14.9 Å². The second kappa shape index (κ2) is 9.58. The highest BCUT2D eigenvalue weighted by Gasteiger charge is 2.23. The molecule has 0 unspecified atom stereocenters. The van der Waals surface area contributed by atoms with Crippen LogP contribution in [0.2, 0.25) is 5.02 Å². The Bertz CT molecular complexity index is 835. The summed E-state index contributed by atoms with van der Waals surface area (Å²) in [6, 6.07) is 3.92. The second-order valence-corrected chi connectivity index (χ2v) is 6.57. The SMILES string of the molecule is O=[N+]([O-])c1c(NCCCN2CCOCC2)ncnc1Nc1ccc(F)c(Cl)c1. The third kappa shape index (κ3) is 5.24. The molecule has 1 saturated heterocycles. The number of ether oxygens (including phenoxy) is 1. The maximum absolute atomic E-state index is 13.3. The minimum atomic E-state index is -0.577. The Kier molecular flexibility index (Phi) is 6.90. The average Bonchev–Trinajstić information content (AvgIpc) is 2.69. The van der Waals surface area contributed by atoms with Crippen LogP contribution in [-0.4, -0.2) is 59.2 Å². The fourth-order valence-electron chi connectivity index (χ4n) is 2.82. The van der Waals surface area contributed by atoms with Gasteiger partial charge in [-0.2, -0.15) is 0 Å². The molecule has 0 spiro atoms. The number of nitrogens with zero attached hydrogens (tertiary/aromatic N) is 4. The van der Waals surface area contributed by atoms with Crippen molar-refractivity contribution in [3.63, 3.8) is 0 Å². The van der Waals surface area contributed by atoms with E-state index in [9.17, 15) is 14.5 Å². The Morgan fingerprint density at radius 3 is 2.75 bits per heavy atom. The molecule has 11 heteroatoms. The zero-order valence-corrected chi connectivity index (χ0v) is 15.8. The predicted molar refractivity (Wildman–Crippen MR) is 104 cm³/mol. The lowest BCUT2D eigenvalue weighted by Crippen LogP contribution is -2.37. The average molecular weight is 411 g/mol. The number of morpholine rings is 1. The van der Waals surface area contributed by atoms with E-state index in [1.165, 1.54) is 24.5 Å². The first-order chi connectivity index (χ1) is 13.5. The first kappa shape index (κ1) is 20.2. The van der Waals surface area contributed by atoms with Crippen LogP contribution in [0.3, 0.4) is 0 Å². The van der Waals surface area contributed by atoms with Gasteiger partial charge in [0.05, 0.1) is 23.2 Å². The number of benzene rings is 1. The zero-order valence-electron chi connectivity index (χ0n) is 15.0. The molecule has 9 nitrogen and oxygen atoms in total. The molecule has 1 fully saturated rings. The highest BCUT2D eigenvalue weighted by atomic mass is 35.5. The molecule has 2 aromatic rings. The van der Waals surface area contributed by atoms with Gasteiger partial charge in [0.15, 0.2) is 0 Å². The van der Waals surface area contributed by atoms with E-state index in [-0.39, 0.29) is 22.3 Å². The molecule has 0 amide bonds. The number of nitrogens with one attached hydrogen (secondary N) is 2. The lowest BCUT2D eigenvalue weighted by molar-refractivity contribution is -0.383. The summed E-state index contributed by atoms with van der Waals surface area (Å²) in [5, 5.41) is 17.3. The molecule has 1 aromatic heterocycles. The summed E-state index contributed by atoms with van der Waals surface area (Å²) in [6.07, 6.45) is 2.03. The summed E-state index contributed by atoms with van der Waals surface area (Å²) < 4.78 is 18.6. The summed E-state index contributed by atoms with van der Waals surface area (Å²) >= 11 is 5.76. The fourth-order valence-corrected chi connectivity index (χ4v) is 3.00. The van der Waals surface area contributed by atoms with Crippen LogP contribution < -0.4 is 10.6 Å². The summed E-state index contributed by atoms with van der Waals surface area (Å²) in [6.45, 7) is 4.63. The van der Waals surface area contributed by atoms with Crippen molar-refractivity contribution in [3.05, 3.63) is 45.5 Å². The molecule has 28 heavy (non-hydrogen) atoms. The summed E-state index contributed by atoms with van der Waals surface area (Å²) in [7, 11) is 0. The number of rotatable bonds is 8. The van der Waals surface area contributed by atoms with Gasteiger partial charge in [-0.25, -0.2) is 14.4 Å². The maximum Gasteiger partial charge on any atom is 0.353 e. The highest BCUT2D eigenvalue weighted by molar-refractivity contribution is 6.31. The molecule has 0 atom stereocenters. The Labute approximate surface area is 166 Å². The molecule has 0 radical (unpaired) electrons. The third-order valence-electron chi connectivity index (χ3n) is 4.23. The first-order valence-corrected chi connectivity index (χ1v) is 9.18. The molecule has 2 N–H and O–H groups in total. The molecular weight excluding hydrogens is 391 g/mol. The van der Waals surface area contributed by atoms with Crippen LogP contribution in [0.4, 0.5) is 27.4 Å². The van der Waals surface area contributed by atoms with E-state index >= 15 is 0 Å². The fraction of sp³-hybridized carbons (Fsp3) is 0.412. The molecule has 0 saturated carbocycles. The lowest BCUT2D eigenvalue weighted by Gasteiger charge is -2.26. The smallest absolute Gasteiger partial charge is 0.353 e. The van der Waals surface area contributed by atoms with E-state index < -0.39 is 10.7 Å². The summed E-state index contributed by atoms with van der Waals surface area (Å²) in [4.78, 5) is 21.2. The first-order valence-electron chi connectivity index (χ1n) is 8.80. The second-order valence-electron chi connectivity index (χ2n) is 6.16. The summed E-state index contributed by atoms with van der Waals surface area (Å²) in [5.74, 6) is -0.455. The topological polar surface area (TPSA) is 105 Å². The van der Waals surface area contributed by atoms with Crippen molar-refractivity contribution in [3.8, 4) is 0 Å². The van der Waals surface area contributed by atoms with Gasteiger partial charge in [-0.05, 0) is 31.2 Å². The number of anilines is 3. The minimum Gasteiger partial charge on any atom is -0.379 e. The van der Waals surface area contributed by atoms with Crippen LogP contribution in [0.15, 0.2) is 24.5 Å². The molecule has 0 bridgehead atoms. The van der Waals surface area contributed by atoms with E-state index in [0.717, 1.165) is 39.3 Å². The Balaban J connectivity index is 1.66. The van der Waals surface area contributed by atoms with Crippen molar-refractivity contribution < 1.29 is 14.1 Å². The van der Waals surface area contributed by atoms with Crippen molar-refractivity contribution >= 4 is 34.6 Å².